The summed E-state index contributed by atoms with van der Waals surface area (Å²) in [7, 11) is 1.64. The van der Waals surface area contributed by atoms with Crippen LogP contribution in [0.15, 0.2) is 30.9 Å². The average molecular weight is 221 g/mol. The molecule has 2 N–H and O–H groups in total. The van der Waals surface area contributed by atoms with Crippen LogP contribution < -0.4 is 10.1 Å². The van der Waals surface area contributed by atoms with Crippen molar-refractivity contribution in [3.05, 3.63) is 42.0 Å². The monoisotopic (exact) mass is 221 g/mol. The molecule has 0 aliphatic carbocycles. The van der Waals surface area contributed by atoms with Crippen LogP contribution in [-0.4, -0.2) is 25.3 Å². The quantitative estimate of drug-likeness (QED) is 0.568. The van der Waals surface area contributed by atoms with Crippen LogP contribution in [0.2, 0.25) is 0 Å². The Morgan fingerprint density at radius 2 is 2.31 bits per heavy atom. The fourth-order valence-corrected chi connectivity index (χ4v) is 1.55. The summed E-state index contributed by atoms with van der Waals surface area (Å²) in [6.45, 7) is 6.80. The van der Waals surface area contributed by atoms with E-state index in [1.54, 1.807) is 13.2 Å². The number of ether oxygens (including phenoxy) is 1. The molecule has 0 saturated heterocycles. The number of aryl methyl sites for hydroxylation is 1. The molecule has 0 radical (unpaired) electrons. The molecule has 0 aliphatic rings. The lowest BCUT2D eigenvalue weighted by Crippen LogP contribution is -2.21. The molecule has 1 aromatic carbocycles. The minimum atomic E-state index is -0.496. The van der Waals surface area contributed by atoms with Gasteiger partial charge in [-0.1, -0.05) is 12.1 Å². The Morgan fingerprint density at radius 1 is 1.56 bits per heavy atom. The summed E-state index contributed by atoms with van der Waals surface area (Å²) in [5, 5.41) is 13.0. The van der Waals surface area contributed by atoms with Crippen molar-refractivity contribution in [2.75, 3.05) is 20.2 Å². The number of rotatable bonds is 6. The summed E-state index contributed by atoms with van der Waals surface area (Å²) in [5.41, 5.74) is 1.93. The number of aliphatic hydroxyl groups is 1. The molecule has 1 aromatic rings. The predicted molar refractivity (Wildman–Crippen MR) is 65.8 cm³/mol. The highest BCUT2D eigenvalue weighted by Crippen LogP contribution is 2.22. The van der Waals surface area contributed by atoms with Crippen molar-refractivity contribution in [3.63, 3.8) is 0 Å². The van der Waals surface area contributed by atoms with E-state index < -0.39 is 6.10 Å². The second-order valence-electron chi connectivity index (χ2n) is 3.69. The minimum absolute atomic E-state index is 0.496. The Balaban J connectivity index is 2.65. The Morgan fingerprint density at radius 3 is 2.88 bits per heavy atom. The summed E-state index contributed by atoms with van der Waals surface area (Å²) in [5.74, 6) is 0.843. The smallest absolute Gasteiger partial charge is 0.121 e. The first kappa shape index (κ1) is 12.7. The molecule has 0 saturated carbocycles. The molecule has 0 bridgehead atoms. The molecule has 3 nitrogen and oxygen atoms in total. The Kier molecular flexibility index (Phi) is 5.02. The second kappa shape index (κ2) is 6.30. The van der Waals surface area contributed by atoms with Gasteiger partial charge in [0.1, 0.15) is 5.75 Å². The van der Waals surface area contributed by atoms with Gasteiger partial charge in [-0.25, -0.2) is 0 Å². The number of hydrogen-bond acceptors (Lipinski definition) is 3. The highest BCUT2D eigenvalue weighted by atomic mass is 16.5. The highest BCUT2D eigenvalue weighted by Gasteiger charge is 2.08. The lowest BCUT2D eigenvalue weighted by molar-refractivity contribution is 0.176. The summed E-state index contributed by atoms with van der Waals surface area (Å²) in [6, 6.07) is 5.70. The molecule has 1 atom stereocenters. The van der Waals surface area contributed by atoms with Crippen molar-refractivity contribution >= 4 is 0 Å². The molecule has 0 aromatic heterocycles. The lowest BCUT2D eigenvalue weighted by Gasteiger charge is -2.13. The molecule has 0 aliphatic heterocycles. The fourth-order valence-electron chi connectivity index (χ4n) is 1.55. The fraction of sp³-hybridized carbons (Fsp3) is 0.385. The molecular weight excluding hydrogens is 202 g/mol. The Hall–Kier alpha value is -1.32. The van der Waals surface area contributed by atoms with Gasteiger partial charge in [-0.3, -0.25) is 0 Å². The second-order valence-corrected chi connectivity index (χ2v) is 3.69. The summed E-state index contributed by atoms with van der Waals surface area (Å²) in [6.07, 6.45) is 1.27. The van der Waals surface area contributed by atoms with Gasteiger partial charge in [-0.2, -0.15) is 0 Å². The van der Waals surface area contributed by atoms with Gasteiger partial charge in [0, 0.05) is 13.1 Å². The summed E-state index contributed by atoms with van der Waals surface area (Å²) < 4.78 is 5.17. The number of aliphatic hydroxyl groups excluding tert-OH is 1. The summed E-state index contributed by atoms with van der Waals surface area (Å²) in [4.78, 5) is 0. The van der Waals surface area contributed by atoms with Crippen LogP contribution in [0.4, 0.5) is 0 Å². The molecular formula is C13H19NO2. The zero-order chi connectivity index (χ0) is 12.0. The third kappa shape index (κ3) is 3.36. The molecule has 1 unspecified atom stereocenters. The van der Waals surface area contributed by atoms with E-state index in [0.29, 0.717) is 13.1 Å². The molecule has 16 heavy (non-hydrogen) atoms. The van der Waals surface area contributed by atoms with Crippen molar-refractivity contribution in [3.8, 4) is 5.75 Å². The minimum Gasteiger partial charge on any atom is -0.496 e. The zero-order valence-corrected chi connectivity index (χ0v) is 9.86. The third-order valence-electron chi connectivity index (χ3n) is 2.43. The van der Waals surface area contributed by atoms with E-state index in [-0.39, 0.29) is 0 Å². The van der Waals surface area contributed by atoms with Crippen molar-refractivity contribution in [1.29, 1.82) is 0 Å². The Bertz CT molecular complexity index is 350. The van der Waals surface area contributed by atoms with Crippen LogP contribution in [0.25, 0.3) is 0 Å². The maximum atomic E-state index is 9.90. The SMILES string of the molecule is C=CCNCC(O)c1ccc(OC)c(C)c1. The lowest BCUT2D eigenvalue weighted by atomic mass is 10.1. The van der Waals surface area contributed by atoms with E-state index in [9.17, 15) is 5.11 Å². The first-order chi connectivity index (χ1) is 7.69. The van der Waals surface area contributed by atoms with E-state index in [1.165, 1.54) is 0 Å². The number of methoxy groups -OCH3 is 1. The zero-order valence-electron chi connectivity index (χ0n) is 9.86. The van der Waals surface area contributed by atoms with Gasteiger partial charge in [-0.05, 0) is 30.2 Å². The third-order valence-corrected chi connectivity index (χ3v) is 2.43. The maximum absolute atomic E-state index is 9.90. The number of nitrogens with one attached hydrogen (secondary N) is 1. The van der Waals surface area contributed by atoms with Crippen LogP contribution in [-0.2, 0) is 0 Å². The van der Waals surface area contributed by atoms with Crippen molar-refractivity contribution < 1.29 is 9.84 Å². The topological polar surface area (TPSA) is 41.5 Å². The molecule has 1 rings (SSSR count). The van der Waals surface area contributed by atoms with Crippen molar-refractivity contribution in [2.45, 2.75) is 13.0 Å². The van der Waals surface area contributed by atoms with Crippen LogP contribution >= 0.6 is 0 Å². The van der Waals surface area contributed by atoms with E-state index >= 15 is 0 Å². The number of hydrogen-bond donors (Lipinski definition) is 2. The molecule has 0 spiro atoms. The van der Waals surface area contributed by atoms with Gasteiger partial charge in [0.25, 0.3) is 0 Å². The predicted octanol–water partition coefficient (Wildman–Crippen LogP) is 1.81. The van der Waals surface area contributed by atoms with Crippen LogP contribution in [0.5, 0.6) is 5.75 Å². The molecule has 3 heteroatoms. The van der Waals surface area contributed by atoms with Crippen molar-refractivity contribution in [2.24, 2.45) is 0 Å². The van der Waals surface area contributed by atoms with Gasteiger partial charge in [0.15, 0.2) is 0 Å². The molecule has 0 heterocycles. The van der Waals surface area contributed by atoms with E-state index in [1.807, 2.05) is 25.1 Å². The molecule has 88 valence electrons. The van der Waals surface area contributed by atoms with Crippen LogP contribution in [0.3, 0.4) is 0 Å². The van der Waals surface area contributed by atoms with Gasteiger partial charge >= 0.3 is 0 Å². The van der Waals surface area contributed by atoms with Crippen LogP contribution in [0, 0.1) is 6.92 Å². The van der Waals surface area contributed by atoms with E-state index in [2.05, 4.69) is 11.9 Å². The van der Waals surface area contributed by atoms with Gasteiger partial charge in [-0.15, -0.1) is 6.58 Å². The largest absolute Gasteiger partial charge is 0.496 e. The van der Waals surface area contributed by atoms with Gasteiger partial charge in [0.2, 0.25) is 0 Å². The highest BCUT2D eigenvalue weighted by molar-refractivity contribution is 5.37. The first-order valence-corrected chi connectivity index (χ1v) is 5.33. The van der Waals surface area contributed by atoms with E-state index in [0.717, 1.165) is 16.9 Å². The van der Waals surface area contributed by atoms with Gasteiger partial charge < -0.3 is 15.2 Å². The van der Waals surface area contributed by atoms with Crippen molar-refractivity contribution in [1.82, 2.24) is 5.32 Å². The Labute approximate surface area is 96.8 Å². The van der Waals surface area contributed by atoms with Crippen LogP contribution in [0.1, 0.15) is 17.2 Å². The average Bonchev–Trinajstić information content (AvgIpc) is 2.29. The summed E-state index contributed by atoms with van der Waals surface area (Å²) >= 11 is 0. The standard InChI is InChI=1S/C13H19NO2/c1-4-7-14-9-12(15)11-5-6-13(16-3)10(2)8-11/h4-6,8,12,14-15H,1,7,9H2,2-3H3. The normalized spacial score (nSPS) is 12.2. The maximum Gasteiger partial charge on any atom is 0.121 e. The van der Waals surface area contributed by atoms with Gasteiger partial charge in [0.05, 0.1) is 13.2 Å². The number of benzene rings is 1. The first-order valence-electron chi connectivity index (χ1n) is 5.33. The molecule has 0 fully saturated rings. The molecule has 0 amide bonds. The van der Waals surface area contributed by atoms with E-state index in [4.69, 9.17) is 4.74 Å².